The lowest BCUT2D eigenvalue weighted by Gasteiger charge is -2.26. The van der Waals surface area contributed by atoms with E-state index in [1.165, 1.54) is 4.57 Å². The van der Waals surface area contributed by atoms with Crippen LogP contribution in [0.3, 0.4) is 0 Å². The number of hydrogen-bond acceptors (Lipinski definition) is 5. The topological polar surface area (TPSA) is 96.3 Å². The summed E-state index contributed by atoms with van der Waals surface area (Å²) in [5.74, 6) is 0.317. The molecule has 0 aliphatic carbocycles. The molecule has 2 amide bonds. The monoisotopic (exact) mass is 321 g/mol. The van der Waals surface area contributed by atoms with Gasteiger partial charge in [-0.15, -0.1) is 0 Å². The lowest BCUT2D eigenvalue weighted by Crippen LogP contribution is -2.38. The fourth-order valence-electron chi connectivity index (χ4n) is 2.55. The van der Waals surface area contributed by atoms with Crippen LogP contribution < -0.4 is 16.2 Å². The van der Waals surface area contributed by atoms with E-state index in [2.05, 4.69) is 15.6 Å². The first-order valence-electron chi connectivity index (χ1n) is 7.75. The van der Waals surface area contributed by atoms with Gasteiger partial charge in [-0.3, -0.25) is 19.0 Å². The number of carbonyl (C=O) groups is 2. The predicted octanol–water partition coefficient (Wildman–Crippen LogP) is -0.286. The maximum atomic E-state index is 12.8. The van der Waals surface area contributed by atoms with Crippen LogP contribution in [-0.4, -0.2) is 46.4 Å². The fourth-order valence-corrected chi connectivity index (χ4v) is 2.55. The van der Waals surface area contributed by atoms with E-state index in [1.807, 2.05) is 13.8 Å². The molecule has 0 fully saturated rings. The van der Waals surface area contributed by atoms with Crippen LogP contribution >= 0.6 is 0 Å². The Balaban J connectivity index is 2.40. The van der Waals surface area contributed by atoms with Crippen LogP contribution in [-0.2, 0) is 29.1 Å². The van der Waals surface area contributed by atoms with Gasteiger partial charge in [-0.25, -0.2) is 4.98 Å². The second-order valence-electron chi connectivity index (χ2n) is 5.87. The molecule has 126 valence electrons. The van der Waals surface area contributed by atoms with E-state index in [0.29, 0.717) is 36.7 Å². The molecule has 8 nitrogen and oxygen atoms in total. The second kappa shape index (κ2) is 7.26. The van der Waals surface area contributed by atoms with Gasteiger partial charge in [0.25, 0.3) is 5.56 Å². The summed E-state index contributed by atoms with van der Waals surface area (Å²) in [5, 5.41) is 5.70. The summed E-state index contributed by atoms with van der Waals surface area (Å²) in [6.45, 7) is 5.03. The average molecular weight is 321 g/mol. The van der Waals surface area contributed by atoms with Crippen LogP contribution in [0.25, 0.3) is 0 Å². The summed E-state index contributed by atoms with van der Waals surface area (Å²) < 4.78 is 1.52. The maximum absolute atomic E-state index is 12.8. The number of amides is 2. The number of nitrogens with zero attached hydrogens (tertiary/aromatic N) is 3. The van der Waals surface area contributed by atoms with E-state index in [9.17, 15) is 14.4 Å². The highest BCUT2D eigenvalue weighted by molar-refractivity contribution is 5.75. The molecule has 0 radical (unpaired) electrons. The van der Waals surface area contributed by atoms with Gasteiger partial charge in [0.2, 0.25) is 18.3 Å². The van der Waals surface area contributed by atoms with Crippen LogP contribution in [0.2, 0.25) is 0 Å². The standard InChI is InChI=1S/C15H23N5O3/c1-10(2)17-15-18-12-8-19(9-21)6-4-11(12)14(23)20(15)7-5-13(22)16-3/h9-10H,4-8H2,1-3H3,(H,16,22)(H,17,18). The molecular formula is C15H23N5O3. The van der Waals surface area contributed by atoms with Gasteiger partial charge in [0, 0.05) is 38.2 Å². The summed E-state index contributed by atoms with van der Waals surface area (Å²) in [7, 11) is 1.57. The number of anilines is 1. The molecule has 0 saturated heterocycles. The molecule has 0 aromatic carbocycles. The Morgan fingerprint density at radius 3 is 2.78 bits per heavy atom. The van der Waals surface area contributed by atoms with Gasteiger partial charge < -0.3 is 15.5 Å². The zero-order chi connectivity index (χ0) is 17.0. The molecule has 23 heavy (non-hydrogen) atoms. The Morgan fingerprint density at radius 2 is 2.17 bits per heavy atom. The number of fused-ring (bicyclic) bond motifs is 1. The Kier molecular flexibility index (Phi) is 5.36. The molecule has 8 heteroatoms. The van der Waals surface area contributed by atoms with Crippen molar-refractivity contribution in [1.82, 2.24) is 19.8 Å². The summed E-state index contributed by atoms with van der Waals surface area (Å²) in [6.07, 6.45) is 1.48. The van der Waals surface area contributed by atoms with Crippen molar-refractivity contribution in [1.29, 1.82) is 0 Å². The van der Waals surface area contributed by atoms with Crippen molar-refractivity contribution in [2.45, 2.75) is 45.8 Å². The number of rotatable bonds is 6. The molecule has 0 atom stereocenters. The van der Waals surface area contributed by atoms with E-state index >= 15 is 0 Å². The highest BCUT2D eigenvalue weighted by atomic mass is 16.2. The van der Waals surface area contributed by atoms with Crippen molar-refractivity contribution in [3.63, 3.8) is 0 Å². The van der Waals surface area contributed by atoms with E-state index < -0.39 is 0 Å². The van der Waals surface area contributed by atoms with Gasteiger partial charge in [0.05, 0.1) is 12.2 Å². The fraction of sp³-hybridized carbons (Fsp3) is 0.600. The quantitative estimate of drug-likeness (QED) is 0.702. The van der Waals surface area contributed by atoms with Crippen LogP contribution in [0, 0.1) is 0 Å². The average Bonchev–Trinajstić information content (AvgIpc) is 2.53. The van der Waals surface area contributed by atoms with Gasteiger partial charge in [-0.2, -0.15) is 0 Å². The van der Waals surface area contributed by atoms with Crippen LogP contribution in [0.1, 0.15) is 31.5 Å². The van der Waals surface area contributed by atoms with Crippen molar-refractivity contribution in [2.24, 2.45) is 0 Å². The minimum Gasteiger partial charge on any atom is -0.359 e. The summed E-state index contributed by atoms with van der Waals surface area (Å²) in [5.41, 5.74) is 1.13. The van der Waals surface area contributed by atoms with E-state index in [4.69, 9.17) is 0 Å². The van der Waals surface area contributed by atoms with E-state index in [1.54, 1.807) is 11.9 Å². The molecule has 0 unspecified atom stereocenters. The molecule has 0 spiro atoms. The third-order valence-corrected chi connectivity index (χ3v) is 3.76. The molecule has 1 aromatic rings. The Hall–Kier alpha value is -2.38. The van der Waals surface area contributed by atoms with Gasteiger partial charge in [0.15, 0.2) is 0 Å². The number of hydrogen-bond donors (Lipinski definition) is 2. The highest BCUT2D eigenvalue weighted by Gasteiger charge is 2.23. The van der Waals surface area contributed by atoms with E-state index in [0.717, 1.165) is 6.41 Å². The van der Waals surface area contributed by atoms with Crippen molar-refractivity contribution in [2.75, 3.05) is 18.9 Å². The Labute approximate surface area is 134 Å². The summed E-state index contributed by atoms with van der Waals surface area (Å²) in [6, 6.07) is 0.0944. The molecule has 1 aromatic heterocycles. The van der Waals surface area contributed by atoms with Crippen molar-refractivity contribution in [3.8, 4) is 0 Å². The number of aromatic nitrogens is 2. The normalized spacial score (nSPS) is 13.7. The lowest BCUT2D eigenvalue weighted by molar-refractivity contribution is -0.121. The lowest BCUT2D eigenvalue weighted by atomic mass is 10.1. The first-order chi connectivity index (χ1) is 11.0. The first kappa shape index (κ1) is 17.0. The first-order valence-corrected chi connectivity index (χ1v) is 7.75. The molecule has 1 aliphatic rings. The van der Waals surface area contributed by atoms with Crippen LogP contribution in [0.5, 0.6) is 0 Å². The van der Waals surface area contributed by atoms with Gasteiger partial charge in [0.1, 0.15) is 0 Å². The third kappa shape index (κ3) is 3.88. The molecule has 0 saturated carbocycles. The summed E-state index contributed by atoms with van der Waals surface area (Å²) >= 11 is 0. The maximum Gasteiger partial charge on any atom is 0.258 e. The van der Waals surface area contributed by atoms with Crippen LogP contribution in [0.15, 0.2) is 4.79 Å². The smallest absolute Gasteiger partial charge is 0.258 e. The van der Waals surface area contributed by atoms with Crippen molar-refractivity contribution >= 4 is 18.3 Å². The molecule has 1 aliphatic heterocycles. The van der Waals surface area contributed by atoms with E-state index in [-0.39, 0.29) is 30.5 Å². The zero-order valence-corrected chi connectivity index (χ0v) is 13.8. The molecule has 2 N–H and O–H groups in total. The predicted molar refractivity (Wildman–Crippen MR) is 86.1 cm³/mol. The second-order valence-corrected chi connectivity index (χ2v) is 5.87. The van der Waals surface area contributed by atoms with Gasteiger partial charge in [-0.05, 0) is 20.3 Å². The zero-order valence-electron chi connectivity index (χ0n) is 13.8. The minimum absolute atomic E-state index is 0.0944. The largest absolute Gasteiger partial charge is 0.359 e. The van der Waals surface area contributed by atoms with Gasteiger partial charge in [-0.1, -0.05) is 0 Å². The minimum atomic E-state index is -0.132. The molecular weight excluding hydrogens is 298 g/mol. The molecule has 2 rings (SSSR count). The third-order valence-electron chi connectivity index (χ3n) is 3.76. The molecule has 2 heterocycles. The summed E-state index contributed by atoms with van der Waals surface area (Å²) in [4.78, 5) is 41.3. The number of nitrogens with one attached hydrogen (secondary N) is 2. The van der Waals surface area contributed by atoms with Crippen LogP contribution in [0.4, 0.5) is 5.95 Å². The number of carbonyl (C=O) groups excluding carboxylic acids is 2. The Morgan fingerprint density at radius 1 is 1.43 bits per heavy atom. The van der Waals surface area contributed by atoms with Crippen molar-refractivity contribution in [3.05, 3.63) is 21.6 Å². The molecule has 0 bridgehead atoms. The van der Waals surface area contributed by atoms with Crippen molar-refractivity contribution < 1.29 is 9.59 Å². The van der Waals surface area contributed by atoms with Gasteiger partial charge >= 0.3 is 0 Å². The Bertz CT molecular complexity index is 653. The highest BCUT2D eigenvalue weighted by Crippen LogP contribution is 2.16. The SMILES string of the molecule is CNC(=O)CCn1c(NC(C)C)nc2c(c1=O)CCN(C=O)C2.